The van der Waals surface area contributed by atoms with Crippen LogP contribution in [-0.2, 0) is 48.7 Å². The van der Waals surface area contributed by atoms with E-state index in [-0.39, 0.29) is 41.2 Å². The van der Waals surface area contributed by atoms with Gasteiger partial charge in [-0.3, -0.25) is 29.4 Å². The summed E-state index contributed by atoms with van der Waals surface area (Å²) in [6.45, 7) is 2.82. The fraction of sp³-hybridized carbons (Fsp3) is 0.150. The number of aryl methyl sites for hydroxylation is 2. The molecule has 22 heteroatoms. The summed E-state index contributed by atoms with van der Waals surface area (Å²) in [5.74, 6) is -4.01. The fourth-order valence-electron chi connectivity index (χ4n) is 5.79. The lowest BCUT2D eigenvalue weighted by Crippen LogP contribution is -2.34. The van der Waals surface area contributed by atoms with Gasteiger partial charge in [0.25, 0.3) is 11.8 Å². The topological polar surface area (TPSA) is 265 Å². The van der Waals surface area contributed by atoms with Gasteiger partial charge in [-0.15, -0.1) is 0 Å². The van der Waals surface area contributed by atoms with Crippen molar-refractivity contribution in [1.29, 1.82) is 0 Å². The molecule has 4 aromatic heterocycles. The number of carbonyl (C=O) groups excluding carboxylic acids is 4. The van der Waals surface area contributed by atoms with Gasteiger partial charge in [0.2, 0.25) is 32.3 Å². The van der Waals surface area contributed by atoms with Crippen LogP contribution in [0.25, 0.3) is 22.5 Å². The molecule has 0 spiro atoms. The highest BCUT2D eigenvalue weighted by molar-refractivity contribution is 7.91. The van der Waals surface area contributed by atoms with Gasteiger partial charge in [-0.05, 0) is 38.1 Å². The molecule has 0 radical (unpaired) electrons. The molecule has 2 unspecified atom stereocenters. The van der Waals surface area contributed by atoms with E-state index in [0.717, 1.165) is 9.80 Å². The zero-order valence-electron chi connectivity index (χ0n) is 33.1. The standard InChI is InChI=1S/C40H36N8O10S4/c1-23-37(61(41,53)54)59-39(45-23)47(3)35(51)33(27-15-11-25(12-16-27)29-9-5-7-21-43-29)57-31(49)19-20-32(50)58-34(28-17-13-26(14-18-28)30-10-6-8-22-44-30)36(52)48(4)40-46-24(2)38(60-40)62(42,55)56/h5-22,33-34H,1-4H3,(H2,41,53,54)(H2,42,55,56)/b20-19-. The van der Waals surface area contributed by atoms with Crippen molar-refractivity contribution in [2.75, 3.05) is 23.9 Å². The van der Waals surface area contributed by atoms with Crippen LogP contribution in [0, 0.1) is 13.8 Å². The number of esters is 2. The Kier molecular flexibility index (Phi) is 13.5. The molecular formula is C40H36N8O10S4. The van der Waals surface area contributed by atoms with E-state index in [1.807, 2.05) is 0 Å². The summed E-state index contributed by atoms with van der Waals surface area (Å²) in [6.07, 6.45) is 1.35. The Morgan fingerprint density at radius 2 is 0.952 bits per heavy atom. The fourth-order valence-corrected chi connectivity index (χ4v) is 9.61. The summed E-state index contributed by atoms with van der Waals surface area (Å²) >= 11 is 1.29. The minimum Gasteiger partial charge on any atom is -0.444 e. The summed E-state index contributed by atoms with van der Waals surface area (Å²) in [6, 6.07) is 23.4. The molecule has 18 nitrogen and oxygen atoms in total. The second-order valence-corrected chi connectivity index (χ2v) is 18.7. The molecule has 320 valence electrons. The summed E-state index contributed by atoms with van der Waals surface area (Å²) in [5, 5.41) is 10.5. The van der Waals surface area contributed by atoms with E-state index in [1.165, 1.54) is 52.2 Å². The molecule has 0 aliphatic rings. The van der Waals surface area contributed by atoms with Gasteiger partial charge >= 0.3 is 11.9 Å². The molecule has 0 aliphatic carbocycles. The molecule has 0 fully saturated rings. The third-order valence-corrected chi connectivity index (χ3v) is 14.4. The number of thiazole rings is 2. The monoisotopic (exact) mass is 916 g/mol. The van der Waals surface area contributed by atoms with Crippen molar-refractivity contribution in [3.05, 3.63) is 132 Å². The lowest BCUT2D eigenvalue weighted by molar-refractivity contribution is -0.152. The maximum atomic E-state index is 14.0. The minimum atomic E-state index is -4.16. The highest BCUT2D eigenvalue weighted by atomic mass is 32.3. The Labute approximate surface area is 363 Å². The third kappa shape index (κ3) is 10.5. The molecular weight excluding hydrogens is 881 g/mol. The Morgan fingerprint density at radius 1 is 0.597 bits per heavy atom. The Bertz CT molecular complexity index is 2690. The van der Waals surface area contributed by atoms with Gasteiger partial charge in [0, 0.05) is 60.9 Å². The van der Waals surface area contributed by atoms with Crippen LogP contribution >= 0.6 is 22.7 Å². The number of likely N-dealkylation sites (N-methyl/N-ethyl adjacent to an activating group) is 2. The first-order chi connectivity index (χ1) is 29.3. The van der Waals surface area contributed by atoms with E-state index >= 15 is 0 Å². The first-order valence-corrected chi connectivity index (χ1v) is 22.7. The second kappa shape index (κ2) is 18.6. The van der Waals surface area contributed by atoms with Crippen LogP contribution in [0.2, 0.25) is 0 Å². The van der Waals surface area contributed by atoms with Gasteiger partial charge in [-0.25, -0.2) is 46.7 Å². The molecule has 4 N–H and O–H groups in total. The molecule has 0 bridgehead atoms. The number of nitrogens with zero attached hydrogens (tertiary/aromatic N) is 6. The number of nitrogens with two attached hydrogens (primary N) is 2. The molecule has 4 heterocycles. The average molecular weight is 917 g/mol. The molecule has 62 heavy (non-hydrogen) atoms. The number of hydrogen-bond donors (Lipinski definition) is 2. The van der Waals surface area contributed by atoms with Crippen LogP contribution < -0.4 is 20.1 Å². The number of anilines is 2. The summed E-state index contributed by atoms with van der Waals surface area (Å²) < 4.78 is 59.1. The molecule has 0 saturated heterocycles. The first kappa shape index (κ1) is 45.0. The average Bonchev–Trinajstić information content (AvgIpc) is 3.87. The highest BCUT2D eigenvalue weighted by Gasteiger charge is 2.33. The van der Waals surface area contributed by atoms with Crippen LogP contribution in [-0.4, -0.2) is 74.6 Å². The summed E-state index contributed by atoms with van der Waals surface area (Å²) in [5.41, 5.74) is 3.17. The summed E-state index contributed by atoms with van der Waals surface area (Å²) in [7, 11) is -5.71. The van der Waals surface area contributed by atoms with E-state index in [1.54, 1.807) is 73.1 Å². The zero-order chi connectivity index (χ0) is 44.9. The molecule has 0 saturated carbocycles. The lowest BCUT2D eigenvalue weighted by atomic mass is 10.0. The predicted octanol–water partition coefficient (Wildman–Crippen LogP) is 4.39. The number of carbonyl (C=O) groups is 4. The van der Waals surface area contributed by atoms with Gasteiger partial charge in [0.05, 0.1) is 22.8 Å². The highest BCUT2D eigenvalue weighted by Crippen LogP contribution is 2.33. The molecule has 6 rings (SSSR count). The summed E-state index contributed by atoms with van der Waals surface area (Å²) in [4.78, 5) is 73.8. The van der Waals surface area contributed by atoms with Gasteiger partial charge in [0.15, 0.2) is 18.7 Å². The van der Waals surface area contributed by atoms with E-state index < -0.39 is 56.0 Å². The molecule has 6 aromatic rings. The number of hydrogen-bond acceptors (Lipinski definition) is 16. The number of primary sulfonamides is 2. The van der Waals surface area contributed by atoms with Gasteiger partial charge in [-0.1, -0.05) is 83.3 Å². The smallest absolute Gasteiger partial charge is 0.332 e. The quantitative estimate of drug-likeness (QED) is 0.113. The maximum absolute atomic E-state index is 14.0. The molecule has 2 amide bonds. The number of ether oxygens (including phenoxy) is 2. The normalized spacial score (nSPS) is 12.7. The van der Waals surface area contributed by atoms with Crippen molar-refractivity contribution >= 4 is 76.7 Å². The predicted molar refractivity (Wildman–Crippen MR) is 229 cm³/mol. The minimum absolute atomic E-state index is 0.0516. The van der Waals surface area contributed by atoms with E-state index in [9.17, 15) is 36.0 Å². The van der Waals surface area contributed by atoms with Crippen LogP contribution in [0.5, 0.6) is 0 Å². The first-order valence-electron chi connectivity index (χ1n) is 18.0. The van der Waals surface area contributed by atoms with Crippen molar-refractivity contribution in [1.82, 2.24) is 19.9 Å². The number of sulfonamides is 2. The van der Waals surface area contributed by atoms with Crippen molar-refractivity contribution < 1.29 is 45.5 Å². The van der Waals surface area contributed by atoms with Crippen LogP contribution in [0.3, 0.4) is 0 Å². The molecule has 2 aromatic carbocycles. The molecule has 0 aliphatic heterocycles. The van der Waals surface area contributed by atoms with Crippen molar-refractivity contribution in [2.24, 2.45) is 10.3 Å². The largest absolute Gasteiger partial charge is 0.444 e. The Balaban J connectivity index is 1.26. The van der Waals surface area contributed by atoms with Crippen LogP contribution in [0.15, 0.2) is 118 Å². The Hall–Kier alpha value is -6.56. The van der Waals surface area contributed by atoms with E-state index in [0.29, 0.717) is 57.3 Å². The number of aromatic nitrogens is 4. The second-order valence-electron chi connectivity index (χ2n) is 13.3. The number of pyridine rings is 2. The van der Waals surface area contributed by atoms with Crippen molar-refractivity contribution in [3.63, 3.8) is 0 Å². The van der Waals surface area contributed by atoms with Crippen molar-refractivity contribution in [3.8, 4) is 22.5 Å². The zero-order valence-corrected chi connectivity index (χ0v) is 36.4. The van der Waals surface area contributed by atoms with Crippen LogP contribution in [0.1, 0.15) is 34.7 Å². The Morgan fingerprint density at radius 3 is 1.24 bits per heavy atom. The number of amides is 2. The SMILES string of the molecule is Cc1nc(N(C)C(=O)C(OC(=O)/C=C\C(=O)OC(C(=O)N(C)c2nc(C)c(S(N)(=O)=O)s2)c2ccc(-c3ccccn3)cc2)c2ccc(-c3ccccn3)cc2)sc1S(N)(=O)=O. The van der Waals surface area contributed by atoms with E-state index in [2.05, 4.69) is 19.9 Å². The number of benzene rings is 2. The molecule has 2 atom stereocenters. The van der Waals surface area contributed by atoms with Crippen LogP contribution in [0.4, 0.5) is 10.3 Å². The number of rotatable bonds is 14. The van der Waals surface area contributed by atoms with Gasteiger partial charge in [-0.2, -0.15) is 0 Å². The van der Waals surface area contributed by atoms with Crippen molar-refractivity contribution in [2.45, 2.75) is 34.5 Å². The van der Waals surface area contributed by atoms with Gasteiger partial charge < -0.3 is 9.47 Å². The maximum Gasteiger partial charge on any atom is 0.332 e. The van der Waals surface area contributed by atoms with Gasteiger partial charge in [0.1, 0.15) is 0 Å². The third-order valence-electron chi connectivity index (χ3n) is 8.86. The lowest BCUT2D eigenvalue weighted by Gasteiger charge is -2.22. The van der Waals surface area contributed by atoms with E-state index in [4.69, 9.17) is 19.8 Å².